The second-order valence-corrected chi connectivity index (χ2v) is 7.60. The molecule has 1 amide bonds. The van der Waals surface area contributed by atoms with E-state index >= 15 is 0 Å². The maximum Gasteiger partial charge on any atom is 0.410 e. The molecule has 2 aliphatic carbocycles. The number of methoxy groups -OCH3 is 1. The van der Waals surface area contributed by atoms with Crippen LogP contribution in [0.4, 0.5) is 4.79 Å². The molecular formula is C20H27NO4. The Hall–Kier alpha value is -1.75. The van der Waals surface area contributed by atoms with E-state index in [0.717, 1.165) is 37.9 Å². The van der Waals surface area contributed by atoms with Crippen molar-refractivity contribution < 1.29 is 19.4 Å². The van der Waals surface area contributed by atoms with Crippen molar-refractivity contribution in [2.24, 2.45) is 0 Å². The number of benzene rings is 1. The summed E-state index contributed by atoms with van der Waals surface area (Å²) in [6.45, 7) is 2.83. The summed E-state index contributed by atoms with van der Waals surface area (Å²) in [6.07, 6.45) is 4.99. The van der Waals surface area contributed by atoms with Crippen LogP contribution in [0.15, 0.2) is 18.2 Å². The third kappa shape index (κ3) is 2.21. The van der Waals surface area contributed by atoms with E-state index in [-0.39, 0.29) is 17.6 Å². The Bertz CT molecular complexity index is 690. The number of aliphatic hydroxyl groups is 1. The van der Waals surface area contributed by atoms with Crippen LogP contribution in [0, 0.1) is 0 Å². The minimum Gasteiger partial charge on any atom is -0.497 e. The van der Waals surface area contributed by atoms with E-state index in [1.165, 1.54) is 11.1 Å². The summed E-state index contributed by atoms with van der Waals surface area (Å²) in [4.78, 5) is 14.3. The highest BCUT2D eigenvalue weighted by Crippen LogP contribution is 2.58. The predicted octanol–water partition coefficient (Wildman–Crippen LogP) is 3.03. The van der Waals surface area contributed by atoms with E-state index < -0.39 is 5.60 Å². The number of likely N-dealkylation sites (tertiary alicyclic amines) is 1. The first-order valence-electron chi connectivity index (χ1n) is 9.39. The van der Waals surface area contributed by atoms with E-state index in [9.17, 15) is 9.90 Å². The van der Waals surface area contributed by atoms with Crippen molar-refractivity contribution in [3.63, 3.8) is 0 Å². The van der Waals surface area contributed by atoms with Crippen molar-refractivity contribution in [1.29, 1.82) is 0 Å². The summed E-state index contributed by atoms with van der Waals surface area (Å²) in [5, 5.41) is 11.9. The van der Waals surface area contributed by atoms with Crippen molar-refractivity contribution >= 4 is 6.09 Å². The van der Waals surface area contributed by atoms with Crippen molar-refractivity contribution in [2.45, 2.75) is 62.5 Å². The summed E-state index contributed by atoms with van der Waals surface area (Å²) in [5.41, 5.74) is 1.30. The average Bonchev–Trinajstić information content (AvgIpc) is 2.61. The molecule has 0 radical (unpaired) electrons. The van der Waals surface area contributed by atoms with Crippen LogP contribution < -0.4 is 4.74 Å². The molecule has 3 atom stereocenters. The molecule has 1 heterocycles. The number of fused-ring (bicyclic) bond motifs is 1. The van der Waals surface area contributed by atoms with Gasteiger partial charge in [-0.2, -0.15) is 0 Å². The Morgan fingerprint density at radius 1 is 1.32 bits per heavy atom. The molecule has 1 aromatic carbocycles. The van der Waals surface area contributed by atoms with Gasteiger partial charge >= 0.3 is 6.09 Å². The van der Waals surface area contributed by atoms with E-state index in [2.05, 4.69) is 12.1 Å². The number of piperidine rings is 1. The van der Waals surface area contributed by atoms with Crippen LogP contribution in [0.3, 0.4) is 0 Å². The van der Waals surface area contributed by atoms with Crippen molar-refractivity contribution in [2.75, 3.05) is 20.3 Å². The highest BCUT2D eigenvalue weighted by molar-refractivity contribution is 5.69. The first kappa shape index (κ1) is 16.7. The number of rotatable bonds is 2. The quantitative estimate of drug-likeness (QED) is 0.895. The fraction of sp³-hybridized carbons (Fsp3) is 0.650. The molecule has 2 fully saturated rings. The highest BCUT2D eigenvalue weighted by Gasteiger charge is 2.64. The van der Waals surface area contributed by atoms with E-state index in [1.54, 1.807) is 12.0 Å². The van der Waals surface area contributed by atoms with Gasteiger partial charge in [0.05, 0.1) is 25.4 Å². The lowest BCUT2D eigenvalue weighted by Gasteiger charge is -2.63. The molecule has 5 nitrogen and oxygen atoms in total. The van der Waals surface area contributed by atoms with E-state index in [4.69, 9.17) is 9.47 Å². The summed E-state index contributed by atoms with van der Waals surface area (Å²) in [5.74, 6) is 0.840. The van der Waals surface area contributed by atoms with Crippen LogP contribution >= 0.6 is 0 Å². The standard InChI is InChI=1S/C20H27NO4/c1-3-25-18(22)21-11-10-19-8-4-5-9-20(19,23)17(21)12-14-6-7-15(24-2)13-16(14)19/h6-7,13,17,23H,3-5,8-12H2,1-2H3/t17-,19+,20+/m1/s1. The summed E-state index contributed by atoms with van der Waals surface area (Å²) < 4.78 is 10.7. The van der Waals surface area contributed by atoms with Crippen LogP contribution in [0.1, 0.15) is 50.2 Å². The second kappa shape index (κ2) is 5.90. The van der Waals surface area contributed by atoms with Crippen LogP contribution in [0.2, 0.25) is 0 Å². The number of amides is 1. The highest BCUT2D eigenvalue weighted by atomic mass is 16.6. The number of hydrogen-bond acceptors (Lipinski definition) is 4. The third-order valence-corrected chi connectivity index (χ3v) is 6.70. The lowest BCUT2D eigenvalue weighted by molar-refractivity contribution is -0.159. The molecule has 4 rings (SSSR count). The molecule has 2 bridgehead atoms. The molecule has 1 saturated carbocycles. The summed E-state index contributed by atoms with van der Waals surface area (Å²) >= 11 is 0. The van der Waals surface area contributed by atoms with Gasteiger partial charge in [0.25, 0.3) is 0 Å². The molecular weight excluding hydrogens is 318 g/mol. The molecule has 1 aliphatic heterocycles. The molecule has 136 valence electrons. The minimum absolute atomic E-state index is 0.207. The fourth-order valence-corrected chi connectivity index (χ4v) is 5.55. The monoisotopic (exact) mass is 345 g/mol. The number of carbonyl (C=O) groups excluding carboxylic acids is 1. The zero-order valence-corrected chi connectivity index (χ0v) is 15.1. The Kier molecular flexibility index (Phi) is 3.95. The van der Waals surface area contributed by atoms with Crippen LogP contribution in [-0.4, -0.2) is 48.0 Å². The van der Waals surface area contributed by atoms with Gasteiger partial charge in [-0.1, -0.05) is 18.9 Å². The van der Waals surface area contributed by atoms with Crippen LogP contribution in [0.5, 0.6) is 5.75 Å². The molecule has 5 heteroatoms. The van der Waals surface area contributed by atoms with Gasteiger partial charge in [-0.15, -0.1) is 0 Å². The Balaban J connectivity index is 1.84. The minimum atomic E-state index is -0.879. The van der Waals surface area contributed by atoms with Crippen LogP contribution in [-0.2, 0) is 16.6 Å². The van der Waals surface area contributed by atoms with Gasteiger partial charge in [0.1, 0.15) is 5.75 Å². The van der Waals surface area contributed by atoms with E-state index in [0.29, 0.717) is 19.6 Å². The van der Waals surface area contributed by atoms with Crippen molar-refractivity contribution in [3.8, 4) is 5.75 Å². The molecule has 0 spiro atoms. The lowest BCUT2D eigenvalue weighted by atomic mass is 9.49. The summed E-state index contributed by atoms with van der Waals surface area (Å²) in [6, 6.07) is 5.99. The van der Waals surface area contributed by atoms with Gasteiger partial charge in [-0.25, -0.2) is 4.79 Å². The van der Waals surface area contributed by atoms with Gasteiger partial charge in [0.15, 0.2) is 0 Å². The number of nitrogens with zero attached hydrogens (tertiary/aromatic N) is 1. The topological polar surface area (TPSA) is 59.0 Å². The summed E-state index contributed by atoms with van der Waals surface area (Å²) in [7, 11) is 1.68. The number of ether oxygens (including phenoxy) is 2. The SMILES string of the molecule is CCOC(=O)N1CC[C@]23CCCC[C@]2(O)[C@H]1Cc1ccc(OC)cc13. The van der Waals surface area contributed by atoms with E-state index in [1.807, 2.05) is 13.0 Å². The van der Waals surface area contributed by atoms with Crippen molar-refractivity contribution in [1.82, 2.24) is 4.90 Å². The van der Waals surface area contributed by atoms with Gasteiger partial charge in [0, 0.05) is 12.0 Å². The fourth-order valence-electron chi connectivity index (χ4n) is 5.55. The van der Waals surface area contributed by atoms with Gasteiger partial charge in [-0.3, -0.25) is 0 Å². The molecule has 1 N–H and O–H groups in total. The van der Waals surface area contributed by atoms with Crippen LogP contribution in [0.25, 0.3) is 0 Å². The molecule has 1 aromatic rings. The predicted molar refractivity (Wildman–Crippen MR) is 93.9 cm³/mol. The number of hydrogen-bond donors (Lipinski definition) is 1. The lowest BCUT2D eigenvalue weighted by Crippen LogP contribution is -2.73. The second-order valence-electron chi connectivity index (χ2n) is 7.60. The zero-order chi connectivity index (χ0) is 17.7. The van der Waals surface area contributed by atoms with Gasteiger partial charge < -0.3 is 19.5 Å². The molecule has 3 aliphatic rings. The maximum absolute atomic E-state index is 12.5. The molecule has 0 unspecified atom stereocenters. The maximum atomic E-state index is 12.5. The largest absolute Gasteiger partial charge is 0.497 e. The third-order valence-electron chi connectivity index (χ3n) is 6.70. The first-order chi connectivity index (χ1) is 12.1. The normalized spacial score (nSPS) is 33.2. The number of carbonyl (C=O) groups is 1. The first-order valence-corrected chi connectivity index (χ1v) is 9.39. The van der Waals surface area contributed by atoms with Gasteiger partial charge in [0.2, 0.25) is 0 Å². The van der Waals surface area contributed by atoms with Crippen molar-refractivity contribution in [3.05, 3.63) is 29.3 Å². The Morgan fingerprint density at radius 3 is 2.88 bits per heavy atom. The Morgan fingerprint density at radius 2 is 2.12 bits per heavy atom. The Labute approximate surface area is 148 Å². The molecule has 25 heavy (non-hydrogen) atoms. The van der Waals surface area contributed by atoms with Gasteiger partial charge in [-0.05, 0) is 55.9 Å². The average molecular weight is 345 g/mol. The molecule has 1 saturated heterocycles. The smallest absolute Gasteiger partial charge is 0.410 e. The zero-order valence-electron chi connectivity index (χ0n) is 15.1. The molecule has 0 aromatic heterocycles.